The molecule has 1 heterocycles. The van der Waals surface area contributed by atoms with Crippen LogP contribution in [0.15, 0.2) is 26.9 Å². The van der Waals surface area contributed by atoms with Gasteiger partial charge in [-0.2, -0.15) is 0 Å². The van der Waals surface area contributed by atoms with Crippen LogP contribution in [0.5, 0.6) is 0 Å². The summed E-state index contributed by atoms with van der Waals surface area (Å²) in [5.41, 5.74) is 5.25. The van der Waals surface area contributed by atoms with Crippen molar-refractivity contribution >= 4 is 37.3 Å². The molecule has 90 valence electrons. The van der Waals surface area contributed by atoms with Crippen LogP contribution in [0.3, 0.4) is 0 Å². The van der Waals surface area contributed by atoms with Crippen molar-refractivity contribution in [3.63, 3.8) is 0 Å². The van der Waals surface area contributed by atoms with Crippen molar-refractivity contribution < 1.29 is 8.42 Å². The predicted octanol–water partition coefficient (Wildman–Crippen LogP) is 1.61. The Morgan fingerprint density at radius 3 is 2.75 bits per heavy atom. The van der Waals surface area contributed by atoms with E-state index in [0.717, 1.165) is 8.66 Å². The zero-order chi connectivity index (χ0) is 12.2. The molecule has 7 heteroatoms. The highest BCUT2D eigenvalue weighted by atomic mass is 79.9. The van der Waals surface area contributed by atoms with E-state index >= 15 is 0 Å². The van der Waals surface area contributed by atoms with Crippen molar-refractivity contribution in [1.82, 2.24) is 4.72 Å². The van der Waals surface area contributed by atoms with E-state index in [-0.39, 0.29) is 6.54 Å². The van der Waals surface area contributed by atoms with Gasteiger partial charge >= 0.3 is 0 Å². The third-order valence-corrected chi connectivity index (χ3v) is 5.06. The van der Waals surface area contributed by atoms with Gasteiger partial charge in [-0.05, 0) is 28.9 Å². The maximum atomic E-state index is 11.8. The Kier molecular flexibility index (Phi) is 5.13. The van der Waals surface area contributed by atoms with Crippen LogP contribution in [0.25, 0.3) is 0 Å². The SMILES string of the molecule is Cc1sc(Br)cc1S(=O)(=O)NC/C=C/CN. The number of sulfonamides is 1. The molecule has 0 bridgehead atoms. The lowest BCUT2D eigenvalue weighted by molar-refractivity contribution is 0.585. The molecule has 1 aromatic rings. The minimum absolute atomic E-state index is 0.256. The Morgan fingerprint density at radius 1 is 1.56 bits per heavy atom. The summed E-state index contributed by atoms with van der Waals surface area (Å²) in [6, 6.07) is 1.61. The van der Waals surface area contributed by atoms with Crippen LogP contribution >= 0.6 is 27.3 Å². The highest BCUT2D eigenvalue weighted by Gasteiger charge is 2.18. The number of hydrogen-bond donors (Lipinski definition) is 2. The predicted molar refractivity (Wildman–Crippen MR) is 70.1 cm³/mol. The normalized spacial score (nSPS) is 12.4. The Labute approximate surface area is 108 Å². The molecule has 0 unspecified atom stereocenters. The first-order valence-corrected chi connectivity index (χ1v) is 7.67. The number of halogens is 1. The Morgan fingerprint density at radius 2 is 2.25 bits per heavy atom. The summed E-state index contributed by atoms with van der Waals surface area (Å²) in [7, 11) is -3.41. The number of thiophene rings is 1. The van der Waals surface area contributed by atoms with Crippen molar-refractivity contribution in [3.8, 4) is 0 Å². The minimum Gasteiger partial charge on any atom is -0.327 e. The summed E-state index contributed by atoms with van der Waals surface area (Å²) in [6.07, 6.45) is 3.40. The van der Waals surface area contributed by atoms with Crippen molar-refractivity contribution in [2.45, 2.75) is 11.8 Å². The van der Waals surface area contributed by atoms with Crippen molar-refractivity contribution in [3.05, 3.63) is 26.9 Å². The van der Waals surface area contributed by atoms with Crippen LogP contribution in [-0.4, -0.2) is 21.5 Å². The van der Waals surface area contributed by atoms with Crippen molar-refractivity contribution in [1.29, 1.82) is 0 Å². The molecule has 0 aromatic carbocycles. The quantitative estimate of drug-likeness (QED) is 0.808. The Bertz CT molecular complexity index is 480. The van der Waals surface area contributed by atoms with Gasteiger partial charge in [0.05, 0.1) is 8.68 Å². The van der Waals surface area contributed by atoms with Crippen LogP contribution in [0.1, 0.15) is 4.88 Å². The molecule has 0 fully saturated rings. The molecule has 0 saturated carbocycles. The average molecular weight is 325 g/mol. The zero-order valence-electron chi connectivity index (χ0n) is 8.73. The second kappa shape index (κ2) is 5.92. The van der Waals surface area contributed by atoms with Gasteiger partial charge in [-0.3, -0.25) is 0 Å². The lowest BCUT2D eigenvalue weighted by Crippen LogP contribution is -2.24. The van der Waals surface area contributed by atoms with Gasteiger partial charge in [-0.15, -0.1) is 11.3 Å². The van der Waals surface area contributed by atoms with Gasteiger partial charge in [-0.25, -0.2) is 13.1 Å². The van der Waals surface area contributed by atoms with Crippen LogP contribution in [0, 0.1) is 6.92 Å². The third-order valence-electron chi connectivity index (χ3n) is 1.83. The summed E-state index contributed by atoms with van der Waals surface area (Å²) < 4.78 is 27.0. The van der Waals surface area contributed by atoms with Crippen LogP contribution in [0.4, 0.5) is 0 Å². The number of rotatable bonds is 5. The number of nitrogens with two attached hydrogens (primary N) is 1. The van der Waals surface area contributed by atoms with E-state index in [1.165, 1.54) is 11.3 Å². The monoisotopic (exact) mass is 324 g/mol. The fourth-order valence-electron chi connectivity index (χ4n) is 1.11. The summed E-state index contributed by atoms with van der Waals surface area (Å²) in [6.45, 7) is 2.44. The van der Waals surface area contributed by atoms with E-state index in [2.05, 4.69) is 20.7 Å². The molecule has 1 rings (SSSR count). The summed E-state index contributed by atoms with van der Waals surface area (Å²) in [5, 5.41) is 0. The number of hydrogen-bond acceptors (Lipinski definition) is 4. The first kappa shape index (κ1) is 13.9. The molecule has 4 nitrogen and oxygen atoms in total. The molecule has 0 radical (unpaired) electrons. The molecule has 0 atom stereocenters. The smallest absolute Gasteiger partial charge is 0.241 e. The molecule has 0 amide bonds. The van der Waals surface area contributed by atoms with Gasteiger partial charge in [0.2, 0.25) is 10.0 Å². The summed E-state index contributed by atoms with van der Waals surface area (Å²) in [5.74, 6) is 0. The van der Waals surface area contributed by atoms with E-state index in [1.54, 1.807) is 25.1 Å². The van der Waals surface area contributed by atoms with Gasteiger partial charge in [0, 0.05) is 18.0 Å². The van der Waals surface area contributed by atoms with Crippen LogP contribution < -0.4 is 10.5 Å². The third kappa shape index (κ3) is 3.67. The standard InChI is InChI=1S/C9H13BrN2O2S2/c1-7-8(6-9(10)15-7)16(13,14)12-5-3-2-4-11/h2-3,6,12H,4-5,11H2,1H3/b3-2+. The highest BCUT2D eigenvalue weighted by Crippen LogP contribution is 2.29. The van der Waals surface area contributed by atoms with E-state index in [9.17, 15) is 8.42 Å². The fraction of sp³-hybridized carbons (Fsp3) is 0.333. The van der Waals surface area contributed by atoms with E-state index in [1.807, 2.05) is 0 Å². The Hall–Kier alpha value is -0.210. The first-order chi connectivity index (χ1) is 7.47. The van der Waals surface area contributed by atoms with Gasteiger partial charge in [0.25, 0.3) is 0 Å². The van der Waals surface area contributed by atoms with E-state index < -0.39 is 10.0 Å². The Balaban J connectivity index is 2.78. The molecule has 0 aliphatic heterocycles. The maximum Gasteiger partial charge on any atom is 0.241 e. The molecule has 0 saturated heterocycles. The topological polar surface area (TPSA) is 72.2 Å². The van der Waals surface area contributed by atoms with Gasteiger partial charge in [0.15, 0.2) is 0 Å². The maximum absolute atomic E-state index is 11.8. The van der Waals surface area contributed by atoms with Crippen molar-refractivity contribution in [2.75, 3.05) is 13.1 Å². The highest BCUT2D eigenvalue weighted by molar-refractivity contribution is 9.11. The van der Waals surface area contributed by atoms with Gasteiger partial charge in [-0.1, -0.05) is 12.2 Å². The lowest BCUT2D eigenvalue weighted by Gasteiger charge is -2.02. The average Bonchev–Trinajstić information content (AvgIpc) is 2.53. The largest absolute Gasteiger partial charge is 0.327 e. The zero-order valence-corrected chi connectivity index (χ0v) is 12.0. The number of nitrogens with one attached hydrogen (secondary N) is 1. The minimum atomic E-state index is -3.41. The van der Waals surface area contributed by atoms with E-state index in [0.29, 0.717) is 11.4 Å². The summed E-state index contributed by atoms with van der Waals surface area (Å²) in [4.78, 5) is 1.09. The number of aryl methyl sites for hydroxylation is 1. The molecule has 1 aromatic heterocycles. The summed E-state index contributed by atoms with van der Waals surface area (Å²) >= 11 is 4.66. The molecule has 0 aliphatic carbocycles. The first-order valence-electron chi connectivity index (χ1n) is 4.58. The fourth-order valence-corrected chi connectivity index (χ4v) is 4.50. The molecule has 16 heavy (non-hydrogen) atoms. The van der Waals surface area contributed by atoms with Gasteiger partial charge in [0.1, 0.15) is 0 Å². The molecular formula is C9H13BrN2O2S2. The molecule has 0 aliphatic rings. The van der Waals surface area contributed by atoms with Crippen LogP contribution in [0.2, 0.25) is 0 Å². The molecule has 0 spiro atoms. The van der Waals surface area contributed by atoms with Gasteiger partial charge < -0.3 is 5.73 Å². The van der Waals surface area contributed by atoms with Crippen LogP contribution in [-0.2, 0) is 10.0 Å². The molecule has 3 N–H and O–H groups in total. The second-order valence-electron chi connectivity index (χ2n) is 3.03. The second-order valence-corrected chi connectivity index (χ2v) is 7.40. The lowest BCUT2D eigenvalue weighted by atomic mass is 10.5. The van der Waals surface area contributed by atoms with E-state index in [4.69, 9.17) is 5.73 Å². The molecular weight excluding hydrogens is 312 g/mol. The van der Waals surface area contributed by atoms with Crippen molar-refractivity contribution in [2.24, 2.45) is 5.73 Å².